The van der Waals surface area contributed by atoms with Gasteiger partial charge in [0.2, 0.25) is 0 Å². The first-order valence-electron chi connectivity index (χ1n) is 3.86. The first-order valence-corrected chi connectivity index (χ1v) is 3.86. The number of rotatable bonds is 4. The molecule has 0 fully saturated rings. The highest BCUT2D eigenvalue weighted by molar-refractivity contribution is 5.13. The molecule has 0 atom stereocenters. The van der Waals surface area contributed by atoms with Crippen molar-refractivity contribution in [3.63, 3.8) is 0 Å². The second kappa shape index (κ2) is 4.57. The van der Waals surface area contributed by atoms with Crippen molar-refractivity contribution in [2.24, 2.45) is 0 Å². The van der Waals surface area contributed by atoms with Gasteiger partial charge in [-0.15, -0.1) is 0 Å². The van der Waals surface area contributed by atoms with E-state index in [2.05, 4.69) is 12.1 Å². The van der Waals surface area contributed by atoms with Crippen LogP contribution in [0.15, 0.2) is 42.6 Å². The van der Waals surface area contributed by atoms with Crippen LogP contribution >= 0.6 is 0 Å². The third kappa shape index (κ3) is 3.21. The molecule has 0 saturated heterocycles. The second-order valence-corrected chi connectivity index (χ2v) is 2.66. The number of hydrogen-bond donors (Lipinski definition) is 1. The van der Waals surface area contributed by atoms with Crippen molar-refractivity contribution in [1.29, 1.82) is 0 Å². The molecule has 0 amide bonds. The van der Waals surface area contributed by atoms with Gasteiger partial charge in [0.1, 0.15) is 0 Å². The minimum Gasteiger partial charge on any atom is -0.272 e. The van der Waals surface area contributed by atoms with Gasteiger partial charge in [-0.05, 0) is 12.5 Å². The quantitative estimate of drug-likeness (QED) is 0.687. The molecule has 0 aliphatic rings. The molecule has 1 rings (SSSR count). The number of allylic oxidation sites excluding steroid dienone is 1. The minimum atomic E-state index is 0.563. The molecule has 2 nitrogen and oxygen atoms in total. The Bertz CT molecular complexity index is 243. The topological polar surface area (TPSA) is 21.3 Å². The monoisotopic (exact) mass is 163 g/mol. The third-order valence-corrected chi connectivity index (χ3v) is 1.33. The van der Waals surface area contributed by atoms with Crippen LogP contribution in [0.3, 0.4) is 0 Å². The summed E-state index contributed by atoms with van der Waals surface area (Å²) in [6.07, 6.45) is 0. The van der Waals surface area contributed by atoms with E-state index in [-0.39, 0.29) is 0 Å². The Morgan fingerprint density at radius 2 is 2.08 bits per heavy atom. The maximum absolute atomic E-state index is 5.13. The Kier molecular flexibility index (Phi) is 3.35. The summed E-state index contributed by atoms with van der Waals surface area (Å²) in [5.41, 5.74) is 4.66. The van der Waals surface area contributed by atoms with Gasteiger partial charge < -0.3 is 0 Å². The van der Waals surface area contributed by atoms with Gasteiger partial charge in [0.25, 0.3) is 0 Å². The molecule has 0 heterocycles. The van der Waals surface area contributed by atoms with Crippen LogP contribution in [0.25, 0.3) is 0 Å². The highest BCUT2D eigenvalue weighted by Crippen LogP contribution is 1.99. The molecule has 0 aromatic heterocycles. The zero-order valence-electron chi connectivity index (χ0n) is 7.21. The number of nitrogens with one attached hydrogen (secondary N) is 1. The number of hydroxylamine groups is 1. The molecule has 0 radical (unpaired) electrons. The average Bonchev–Trinajstić information content (AvgIpc) is 2.05. The molecule has 2 heteroatoms. The van der Waals surface area contributed by atoms with Crippen molar-refractivity contribution < 1.29 is 4.84 Å². The summed E-state index contributed by atoms with van der Waals surface area (Å²) in [6.45, 7) is 6.07. The number of benzene rings is 1. The summed E-state index contributed by atoms with van der Waals surface area (Å²) >= 11 is 0. The fourth-order valence-electron chi connectivity index (χ4n) is 0.817. The van der Waals surface area contributed by atoms with Gasteiger partial charge in [0.05, 0.1) is 6.61 Å². The van der Waals surface area contributed by atoms with E-state index in [0.717, 1.165) is 11.3 Å². The lowest BCUT2D eigenvalue weighted by Gasteiger charge is -2.05. The van der Waals surface area contributed by atoms with Crippen LogP contribution in [0.4, 0.5) is 0 Å². The summed E-state index contributed by atoms with van der Waals surface area (Å²) in [4.78, 5) is 5.13. The average molecular weight is 163 g/mol. The molecule has 0 spiro atoms. The standard InChI is InChI=1S/C10H13NO/c1-9(2)11-12-8-10-6-4-3-5-7-10/h3-7,11H,1,8H2,2H3. The second-order valence-electron chi connectivity index (χ2n) is 2.66. The fourth-order valence-corrected chi connectivity index (χ4v) is 0.817. The predicted molar refractivity (Wildman–Crippen MR) is 49.2 cm³/mol. The van der Waals surface area contributed by atoms with E-state index in [1.165, 1.54) is 0 Å². The van der Waals surface area contributed by atoms with Crippen molar-refractivity contribution in [1.82, 2.24) is 5.48 Å². The fraction of sp³-hybridized carbons (Fsp3) is 0.200. The van der Waals surface area contributed by atoms with E-state index in [1.54, 1.807) is 0 Å². The van der Waals surface area contributed by atoms with Crippen LogP contribution in [-0.4, -0.2) is 0 Å². The van der Waals surface area contributed by atoms with Crippen molar-refractivity contribution in [2.75, 3.05) is 0 Å². The van der Waals surface area contributed by atoms with Crippen molar-refractivity contribution in [2.45, 2.75) is 13.5 Å². The van der Waals surface area contributed by atoms with E-state index >= 15 is 0 Å². The van der Waals surface area contributed by atoms with Crippen molar-refractivity contribution in [3.05, 3.63) is 48.2 Å². The number of hydrogen-bond acceptors (Lipinski definition) is 2. The maximum atomic E-state index is 5.13. The summed E-state index contributed by atoms with van der Waals surface area (Å²) in [7, 11) is 0. The molecule has 1 aromatic carbocycles. The van der Waals surface area contributed by atoms with Crippen LogP contribution in [0.2, 0.25) is 0 Å². The Labute approximate surface area is 72.8 Å². The molecule has 0 bridgehead atoms. The van der Waals surface area contributed by atoms with E-state index in [1.807, 2.05) is 37.3 Å². The predicted octanol–water partition coefficient (Wildman–Crippen LogP) is 2.24. The zero-order chi connectivity index (χ0) is 8.81. The molecular formula is C10H13NO. The molecule has 0 unspecified atom stereocenters. The van der Waals surface area contributed by atoms with Crippen LogP contribution in [0.1, 0.15) is 12.5 Å². The summed E-state index contributed by atoms with van der Waals surface area (Å²) in [6, 6.07) is 9.98. The lowest BCUT2D eigenvalue weighted by atomic mass is 10.2. The van der Waals surface area contributed by atoms with Gasteiger partial charge >= 0.3 is 0 Å². The lowest BCUT2D eigenvalue weighted by molar-refractivity contribution is 0.0496. The molecule has 1 N–H and O–H groups in total. The van der Waals surface area contributed by atoms with Crippen LogP contribution in [0.5, 0.6) is 0 Å². The maximum Gasteiger partial charge on any atom is 0.0996 e. The normalized spacial score (nSPS) is 9.42. The molecule has 0 aliphatic heterocycles. The summed E-state index contributed by atoms with van der Waals surface area (Å²) in [5.74, 6) is 0. The highest BCUT2D eigenvalue weighted by atomic mass is 16.6. The summed E-state index contributed by atoms with van der Waals surface area (Å²) in [5, 5.41) is 0. The molecule has 0 saturated carbocycles. The zero-order valence-corrected chi connectivity index (χ0v) is 7.21. The van der Waals surface area contributed by atoms with Gasteiger partial charge in [-0.1, -0.05) is 36.9 Å². The van der Waals surface area contributed by atoms with Gasteiger partial charge in [-0.2, -0.15) is 0 Å². The van der Waals surface area contributed by atoms with E-state index in [4.69, 9.17) is 4.84 Å². The van der Waals surface area contributed by atoms with Crippen molar-refractivity contribution in [3.8, 4) is 0 Å². The van der Waals surface area contributed by atoms with E-state index < -0.39 is 0 Å². The van der Waals surface area contributed by atoms with Crippen molar-refractivity contribution >= 4 is 0 Å². The third-order valence-electron chi connectivity index (χ3n) is 1.33. The van der Waals surface area contributed by atoms with Gasteiger partial charge in [-0.3, -0.25) is 10.3 Å². The first-order chi connectivity index (χ1) is 5.79. The molecule has 64 valence electrons. The minimum absolute atomic E-state index is 0.563. The largest absolute Gasteiger partial charge is 0.272 e. The Morgan fingerprint density at radius 1 is 1.42 bits per heavy atom. The molecule has 1 aromatic rings. The van der Waals surface area contributed by atoms with Gasteiger partial charge in [0, 0.05) is 5.70 Å². The van der Waals surface area contributed by atoms with Crippen LogP contribution in [0, 0.1) is 0 Å². The van der Waals surface area contributed by atoms with E-state index in [0.29, 0.717) is 6.61 Å². The Balaban J connectivity index is 2.29. The highest BCUT2D eigenvalue weighted by Gasteiger charge is 1.89. The first kappa shape index (κ1) is 8.81. The van der Waals surface area contributed by atoms with Gasteiger partial charge in [0.15, 0.2) is 0 Å². The Hall–Kier alpha value is -1.28. The SMILES string of the molecule is C=C(C)NOCc1ccccc1. The van der Waals surface area contributed by atoms with E-state index in [9.17, 15) is 0 Å². The summed E-state index contributed by atoms with van der Waals surface area (Å²) < 4.78 is 0. The molecule has 0 aliphatic carbocycles. The smallest absolute Gasteiger partial charge is 0.0996 e. The lowest BCUT2D eigenvalue weighted by Crippen LogP contribution is -2.10. The Morgan fingerprint density at radius 3 is 2.67 bits per heavy atom. The van der Waals surface area contributed by atoms with Crippen LogP contribution in [-0.2, 0) is 11.4 Å². The van der Waals surface area contributed by atoms with Crippen LogP contribution < -0.4 is 5.48 Å². The molecular weight excluding hydrogens is 150 g/mol. The van der Waals surface area contributed by atoms with Gasteiger partial charge in [-0.25, -0.2) is 0 Å². The molecule has 12 heavy (non-hydrogen) atoms.